The third-order valence-electron chi connectivity index (χ3n) is 1.27. The minimum Gasteiger partial charge on any atom is -0.358 e. The molecule has 3 N–H and O–H groups in total. The van der Waals surface area contributed by atoms with Crippen molar-refractivity contribution < 1.29 is 4.79 Å². The summed E-state index contributed by atoms with van der Waals surface area (Å²) in [5.74, 6) is 0.120. The van der Waals surface area contributed by atoms with Crippen LogP contribution in [0, 0.1) is 5.92 Å². The highest BCUT2D eigenvalue weighted by atomic mass is 16.2. The van der Waals surface area contributed by atoms with Gasteiger partial charge in [0.1, 0.15) is 0 Å². The Morgan fingerprint density at radius 1 is 1.36 bits per heavy atom. The van der Waals surface area contributed by atoms with E-state index in [4.69, 9.17) is 5.73 Å². The fourth-order valence-electron chi connectivity index (χ4n) is 0.469. The Labute approximate surface area is 69.4 Å². The van der Waals surface area contributed by atoms with E-state index in [-0.39, 0.29) is 17.9 Å². The summed E-state index contributed by atoms with van der Waals surface area (Å²) in [6.07, 6.45) is 0. The fraction of sp³-hybridized carbons (Fsp3) is 0.875. The molecule has 0 saturated heterocycles. The summed E-state index contributed by atoms with van der Waals surface area (Å²) < 4.78 is 0. The van der Waals surface area contributed by atoms with Gasteiger partial charge in [-0.2, -0.15) is 0 Å². The van der Waals surface area contributed by atoms with Gasteiger partial charge in [-0.3, -0.25) is 4.79 Å². The van der Waals surface area contributed by atoms with E-state index in [0.717, 1.165) is 0 Å². The lowest BCUT2D eigenvalue weighted by Gasteiger charge is -2.12. The van der Waals surface area contributed by atoms with Crippen molar-refractivity contribution in [1.29, 1.82) is 0 Å². The van der Waals surface area contributed by atoms with E-state index in [9.17, 15) is 4.79 Å². The van der Waals surface area contributed by atoms with Crippen LogP contribution in [0.2, 0.25) is 0 Å². The van der Waals surface area contributed by atoms with E-state index in [2.05, 4.69) is 5.32 Å². The zero-order valence-electron chi connectivity index (χ0n) is 8.14. The minimum atomic E-state index is -0.366. The van der Waals surface area contributed by atoms with Gasteiger partial charge in [-0.05, 0) is 5.92 Å². The van der Waals surface area contributed by atoms with Gasteiger partial charge in [-0.1, -0.05) is 27.7 Å². The number of carbonyl (C=O) groups excluding carboxylic acids is 1. The van der Waals surface area contributed by atoms with Crippen LogP contribution in [0.25, 0.3) is 0 Å². The Kier molecular flexibility index (Phi) is 8.94. The molecule has 0 aliphatic carbocycles. The molecular weight excluding hydrogens is 140 g/mol. The van der Waals surface area contributed by atoms with Crippen molar-refractivity contribution in [2.45, 2.75) is 33.7 Å². The lowest BCUT2D eigenvalue weighted by molar-refractivity contribution is -0.122. The lowest BCUT2D eigenvalue weighted by atomic mass is 10.1. The molecule has 3 nitrogen and oxygen atoms in total. The third kappa shape index (κ3) is 5.85. The van der Waals surface area contributed by atoms with Crippen molar-refractivity contribution in [1.82, 2.24) is 5.32 Å². The average Bonchev–Trinajstić information content (AvgIpc) is 2.05. The molecule has 1 amide bonds. The summed E-state index contributed by atoms with van der Waals surface area (Å²) in [5, 5.41) is 2.48. The van der Waals surface area contributed by atoms with Crippen LogP contribution in [0.5, 0.6) is 0 Å². The predicted molar refractivity (Wildman–Crippen MR) is 48.2 cm³/mol. The fourth-order valence-corrected chi connectivity index (χ4v) is 0.469. The van der Waals surface area contributed by atoms with Crippen LogP contribution in [-0.4, -0.2) is 19.0 Å². The summed E-state index contributed by atoms with van der Waals surface area (Å²) in [6.45, 7) is 7.83. The first-order valence-corrected chi connectivity index (χ1v) is 4.06. The molecule has 0 radical (unpaired) electrons. The molecule has 0 aromatic rings. The standard InChI is InChI=1S/C6H14N2O.C2H6/c1-4(2)5(7)6(9)8-3;1-2/h4-5H,7H2,1-3H3,(H,8,9);1-2H3. The molecule has 0 aromatic heterocycles. The van der Waals surface area contributed by atoms with E-state index in [1.165, 1.54) is 0 Å². The van der Waals surface area contributed by atoms with Crippen LogP contribution in [0.4, 0.5) is 0 Å². The van der Waals surface area contributed by atoms with Crippen LogP contribution in [0.3, 0.4) is 0 Å². The molecule has 0 aromatic carbocycles. The van der Waals surface area contributed by atoms with Gasteiger partial charge >= 0.3 is 0 Å². The molecule has 0 aliphatic heterocycles. The van der Waals surface area contributed by atoms with Gasteiger partial charge in [0.25, 0.3) is 0 Å². The maximum absolute atomic E-state index is 10.7. The molecule has 0 rings (SSSR count). The highest BCUT2D eigenvalue weighted by Crippen LogP contribution is 1.96. The maximum atomic E-state index is 10.7. The second-order valence-electron chi connectivity index (χ2n) is 2.38. The second-order valence-corrected chi connectivity index (χ2v) is 2.38. The summed E-state index contributed by atoms with van der Waals surface area (Å²) in [5.41, 5.74) is 5.46. The molecule has 1 unspecified atom stereocenters. The Morgan fingerprint density at radius 3 is 1.82 bits per heavy atom. The van der Waals surface area contributed by atoms with Gasteiger partial charge in [0, 0.05) is 7.05 Å². The van der Waals surface area contributed by atoms with Crippen LogP contribution in [-0.2, 0) is 4.79 Å². The SMILES string of the molecule is CC.CNC(=O)C(N)C(C)C. The van der Waals surface area contributed by atoms with Crippen LogP contribution < -0.4 is 11.1 Å². The highest BCUT2D eigenvalue weighted by Gasteiger charge is 2.14. The van der Waals surface area contributed by atoms with Crippen molar-refractivity contribution in [2.75, 3.05) is 7.05 Å². The van der Waals surface area contributed by atoms with Crippen LogP contribution in [0.15, 0.2) is 0 Å². The molecule has 0 saturated carbocycles. The van der Waals surface area contributed by atoms with Gasteiger partial charge in [-0.25, -0.2) is 0 Å². The van der Waals surface area contributed by atoms with Crippen LogP contribution >= 0.6 is 0 Å². The molecule has 0 bridgehead atoms. The van der Waals surface area contributed by atoms with E-state index in [1.54, 1.807) is 7.05 Å². The normalized spacial score (nSPS) is 11.5. The molecule has 0 aliphatic rings. The first-order chi connectivity index (χ1) is 5.09. The highest BCUT2D eigenvalue weighted by molar-refractivity contribution is 5.81. The van der Waals surface area contributed by atoms with Crippen molar-refractivity contribution >= 4 is 5.91 Å². The topological polar surface area (TPSA) is 55.1 Å². The van der Waals surface area contributed by atoms with E-state index in [1.807, 2.05) is 27.7 Å². The van der Waals surface area contributed by atoms with Gasteiger partial charge in [0.2, 0.25) is 5.91 Å². The molecule has 68 valence electrons. The minimum absolute atomic E-state index is 0.0926. The Balaban J connectivity index is 0. The number of amides is 1. The smallest absolute Gasteiger partial charge is 0.236 e. The molecule has 0 fully saturated rings. The van der Waals surface area contributed by atoms with Crippen molar-refractivity contribution in [3.63, 3.8) is 0 Å². The van der Waals surface area contributed by atoms with Gasteiger partial charge in [-0.15, -0.1) is 0 Å². The van der Waals surface area contributed by atoms with Crippen LogP contribution in [0.1, 0.15) is 27.7 Å². The summed E-state index contributed by atoms with van der Waals surface area (Å²) >= 11 is 0. The molecule has 3 heteroatoms. The first-order valence-electron chi connectivity index (χ1n) is 4.06. The second kappa shape index (κ2) is 7.54. The molecule has 1 atom stereocenters. The Morgan fingerprint density at radius 2 is 1.73 bits per heavy atom. The zero-order valence-corrected chi connectivity index (χ0v) is 8.14. The quantitative estimate of drug-likeness (QED) is 0.626. The Hall–Kier alpha value is -0.570. The number of nitrogens with two attached hydrogens (primary N) is 1. The third-order valence-corrected chi connectivity index (χ3v) is 1.27. The largest absolute Gasteiger partial charge is 0.358 e. The Bertz CT molecular complexity index is 102. The number of likely N-dealkylation sites (N-methyl/N-ethyl adjacent to an activating group) is 1. The number of rotatable bonds is 2. The van der Waals surface area contributed by atoms with Crippen molar-refractivity contribution in [2.24, 2.45) is 11.7 Å². The lowest BCUT2D eigenvalue weighted by Crippen LogP contribution is -2.42. The molecule has 11 heavy (non-hydrogen) atoms. The summed E-state index contributed by atoms with van der Waals surface area (Å²) in [4.78, 5) is 10.7. The first kappa shape index (κ1) is 13.1. The van der Waals surface area contributed by atoms with E-state index >= 15 is 0 Å². The van der Waals surface area contributed by atoms with E-state index < -0.39 is 0 Å². The molecule has 0 heterocycles. The average molecular weight is 160 g/mol. The zero-order chi connectivity index (χ0) is 9.44. The van der Waals surface area contributed by atoms with Gasteiger partial charge < -0.3 is 11.1 Å². The van der Waals surface area contributed by atoms with Crippen molar-refractivity contribution in [3.8, 4) is 0 Å². The predicted octanol–water partition coefficient (Wildman–Crippen LogP) is 0.742. The maximum Gasteiger partial charge on any atom is 0.236 e. The number of nitrogens with one attached hydrogen (secondary N) is 1. The monoisotopic (exact) mass is 160 g/mol. The number of hydrogen-bond acceptors (Lipinski definition) is 2. The van der Waals surface area contributed by atoms with Crippen molar-refractivity contribution in [3.05, 3.63) is 0 Å². The molecular formula is C8H20N2O. The number of hydrogen-bond donors (Lipinski definition) is 2. The molecule has 0 spiro atoms. The van der Waals surface area contributed by atoms with Gasteiger partial charge in [0.05, 0.1) is 6.04 Å². The summed E-state index contributed by atoms with van der Waals surface area (Å²) in [7, 11) is 1.59. The van der Waals surface area contributed by atoms with E-state index in [0.29, 0.717) is 0 Å². The summed E-state index contributed by atoms with van der Waals surface area (Å²) in [6, 6.07) is -0.366. The van der Waals surface area contributed by atoms with Gasteiger partial charge in [0.15, 0.2) is 0 Å². The number of carbonyl (C=O) groups is 1.